The number of hydrogen-bond donors (Lipinski definition) is 0. The highest BCUT2D eigenvalue weighted by Crippen LogP contribution is 2.32. The number of hydrogen-bond acceptors (Lipinski definition) is 1. The fraction of sp³-hybridized carbons (Fsp3) is 0.118. The van der Waals surface area contributed by atoms with Gasteiger partial charge in [0.1, 0.15) is 11.3 Å². The van der Waals surface area contributed by atoms with Gasteiger partial charge in [0, 0.05) is 12.1 Å². The number of methoxy groups -OCH3 is 1. The molecule has 0 unspecified atom stereocenters. The normalized spacial score (nSPS) is 11.1. The van der Waals surface area contributed by atoms with Crippen molar-refractivity contribution in [2.24, 2.45) is 0 Å². The van der Waals surface area contributed by atoms with Crippen molar-refractivity contribution in [3.05, 3.63) is 66.5 Å². The first-order valence-corrected chi connectivity index (χ1v) is 6.65. The molecule has 2 aromatic carbocycles. The molecule has 1 heterocycles. The Bertz CT molecular complexity index is 833. The van der Waals surface area contributed by atoms with Crippen LogP contribution in [0.1, 0.15) is 5.56 Å². The molecule has 23 heavy (non-hydrogen) atoms. The second-order valence-corrected chi connectivity index (χ2v) is 4.83. The van der Waals surface area contributed by atoms with Gasteiger partial charge < -0.3 is 21.7 Å². The van der Waals surface area contributed by atoms with Crippen molar-refractivity contribution in [1.29, 1.82) is 0 Å². The van der Waals surface area contributed by atoms with Crippen LogP contribution < -0.4 is 26.3 Å². The maximum Gasteiger partial charge on any atom is 0.422 e. The fourth-order valence-corrected chi connectivity index (χ4v) is 2.45. The summed E-state index contributed by atoms with van der Waals surface area (Å²) < 4.78 is 46.2. The molecule has 0 saturated heterocycles. The Morgan fingerprint density at radius 1 is 0.957 bits per heavy atom. The van der Waals surface area contributed by atoms with Crippen LogP contribution in [-0.4, -0.2) is 7.11 Å². The van der Waals surface area contributed by atoms with E-state index in [1.54, 1.807) is 30.6 Å². The topological polar surface area (TPSA) is 13.1 Å². The van der Waals surface area contributed by atoms with Crippen LogP contribution in [0.3, 0.4) is 0 Å². The number of aromatic nitrogens is 1. The van der Waals surface area contributed by atoms with Crippen molar-refractivity contribution in [3.63, 3.8) is 0 Å². The minimum Gasteiger partial charge on any atom is -1.00 e. The zero-order chi connectivity index (χ0) is 15.7. The molecule has 3 rings (SSSR count). The zero-order valence-corrected chi connectivity index (χ0v) is 13.7. The zero-order valence-electron chi connectivity index (χ0n) is 12.1. The van der Waals surface area contributed by atoms with E-state index >= 15 is 0 Å². The van der Waals surface area contributed by atoms with Gasteiger partial charge in [0.2, 0.25) is 5.69 Å². The van der Waals surface area contributed by atoms with Gasteiger partial charge in [-0.25, -0.2) is 0 Å². The second-order valence-electron chi connectivity index (χ2n) is 4.83. The molecule has 0 amide bonds. The Kier molecular flexibility index (Phi) is 4.94. The summed E-state index contributed by atoms with van der Waals surface area (Å²) in [6.45, 7) is 0. The predicted octanol–water partition coefficient (Wildman–Crippen LogP) is 1.15. The molecule has 1 aromatic heterocycles. The molecule has 3 aromatic rings. The summed E-state index contributed by atoms with van der Waals surface area (Å²) in [4.78, 5) is 0. The quantitative estimate of drug-likeness (QED) is 0.605. The third kappa shape index (κ3) is 3.32. The van der Waals surface area contributed by atoms with Crippen LogP contribution in [0.5, 0.6) is 5.75 Å². The van der Waals surface area contributed by atoms with Crippen LogP contribution >= 0.6 is 0 Å². The van der Waals surface area contributed by atoms with Gasteiger partial charge in [0.05, 0.1) is 12.5 Å². The summed E-state index contributed by atoms with van der Waals surface area (Å²) in [6.07, 6.45) is -1.13. The molecular weight excluding hydrogens is 371 g/mol. The minimum atomic E-state index is -4.40. The summed E-state index contributed by atoms with van der Waals surface area (Å²) in [7, 11) is 1.54. The van der Waals surface area contributed by atoms with Crippen molar-refractivity contribution in [2.75, 3.05) is 7.11 Å². The average Bonchev–Trinajstić information content (AvgIpc) is 2.53. The maximum absolute atomic E-state index is 13.2. The largest absolute Gasteiger partial charge is 1.00 e. The van der Waals surface area contributed by atoms with Gasteiger partial charge in [0.15, 0.2) is 12.4 Å². The lowest BCUT2D eigenvalue weighted by atomic mass is 10.1. The van der Waals surface area contributed by atoms with E-state index in [0.717, 1.165) is 16.8 Å². The average molecular weight is 384 g/mol. The minimum absolute atomic E-state index is 0. The van der Waals surface area contributed by atoms with Crippen molar-refractivity contribution in [3.8, 4) is 11.4 Å². The Balaban J connectivity index is 0.00000192. The molecule has 0 fully saturated rings. The molecule has 0 spiro atoms. The van der Waals surface area contributed by atoms with Crippen LogP contribution in [0.15, 0.2) is 60.9 Å². The van der Waals surface area contributed by atoms with Crippen LogP contribution in [0.4, 0.5) is 13.2 Å². The predicted molar refractivity (Wildman–Crippen MR) is 77.0 cm³/mol. The van der Waals surface area contributed by atoms with Gasteiger partial charge in [-0.3, -0.25) is 0 Å². The molecule has 0 N–H and O–H groups in total. The highest BCUT2D eigenvalue weighted by Gasteiger charge is 2.36. The standard InChI is InChI=1S/C17H13F3NO.BrH/c1-22-16-8-4-5-12-9-10-21(11-13(12)16)15-7-3-2-6-14(15)17(18,19)20;/h2-11H,1H3;1H/q+1;/p-1. The molecule has 0 radical (unpaired) electrons. The van der Waals surface area contributed by atoms with Crippen LogP contribution in [0, 0.1) is 0 Å². The Labute approximate surface area is 141 Å². The first-order chi connectivity index (χ1) is 10.5. The number of rotatable bonds is 2. The van der Waals surface area contributed by atoms with Gasteiger partial charge in [-0.05, 0) is 17.5 Å². The fourth-order valence-electron chi connectivity index (χ4n) is 2.45. The van der Waals surface area contributed by atoms with Gasteiger partial charge in [-0.2, -0.15) is 17.7 Å². The van der Waals surface area contributed by atoms with Crippen LogP contribution in [0.25, 0.3) is 16.5 Å². The summed E-state index contributed by atoms with van der Waals surface area (Å²) in [6, 6.07) is 12.8. The number of nitrogens with zero attached hydrogens (tertiary/aromatic N) is 1. The lowest BCUT2D eigenvalue weighted by Gasteiger charge is -2.09. The molecule has 0 saturated carbocycles. The van der Waals surface area contributed by atoms with E-state index in [1.807, 2.05) is 12.1 Å². The lowest BCUT2D eigenvalue weighted by molar-refractivity contribution is -0.595. The summed E-state index contributed by atoms with van der Waals surface area (Å²) in [5.74, 6) is 0.622. The molecule has 0 atom stereocenters. The molecule has 6 heteroatoms. The second kappa shape index (κ2) is 6.58. The molecule has 0 aliphatic carbocycles. The van der Waals surface area contributed by atoms with E-state index < -0.39 is 11.7 Å². The number of alkyl halides is 3. The highest BCUT2D eigenvalue weighted by atomic mass is 79.9. The number of ether oxygens (including phenoxy) is 1. The third-order valence-electron chi connectivity index (χ3n) is 3.49. The van der Waals surface area contributed by atoms with Gasteiger partial charge in [-0.1, -0.05) is 24.3 Å². The van der Waals surface area contributed by atoms with Crippen LogP contribution in [0.2, 0.25) is 0 Å². The summed E-state index contributed by atoms with van der Waals surface area (Å²) >= 11 is 0. The number of para-hydroxylation sites is 1. The number of pyridine rings is 1. The molecule has 2 nitrogen and oxygen atoms in total. The van der Waals surface area contributed by atoms with Crippen molar-refractivity contribution < 1.29 is 39.5 Å². The number of benzene rings is 2. The maximum atomic E-state index is 13.2. The van der Waals surface area contributed by atoms with E-state index in [1.165, 1.54) is 23.8 Å². The summed E-state index contributed by atoms with van der Waals surface area (Å²) in [5, 5.41) is 1.66. The molecule has 0 bridgehead atoms. The van der Waals surface area contributed by atoms with Gasteiger partial charge in [-0.15, -0.1) is 0 Å². The monoisotopic (exact) mass is 383 g/mol. The van der Waals surface area contributed by atoms with E-state index in [9.17, 15) is 13.2 Å². The molecular formula is C17H13BrF3NO. The first-order valence-electron chi connectivity index (χ1n) is 6.65. The number of halogens is 4. The number of fused-ring (bicyclic) bond motifs is 1. The van der Waals surface area contributed by atoms with Crippen LogP contribution in [-0.2, 0) is 6.18 Å². The van der Waals surface area contributed by atoms with E-state index in [2.05, 4.69) is 0 Å². The van der Waals surface area contributed by atoms with E-state index in [-0.39, 0.29) is 22.7 Å². The Hall–Kier alpha value is -2.08. The molecule has 120 valence electrons. The van der Waals surface area contributed by atoms with Gasteiger partial charge in [0.25, 0.3) is 0 Å². The summed E-state index contributed by atoms with van der Waals surface area (Å²) in [5.41, 5.74) is -0.586. The Morgan fingerprint density at radius 3 is 2.39 bits per heavy atom. The van der Waals surface area contributed by atoms with Gasteiger partial charge >= 0.3 is 6.18 Å². The van der Waals surface area contributed by atoms with E-state index in [0.29, 0.717) is 5.75 Å². The van der Waals surface area contributed by atoms with Crippen molar-refractivity contribution in [1.82, 2.24) is 0 Å². The molecule has 0 aliphatic rings. The van der Waals surface area contributed by atoms with Crippen molar-refractivity contribution in [2.45, 2.75) is 6.18 Å². The highest BCUT2D eigenvalue weighted by molar-refractivity contribution is 5.86. The van der Waals surface area contributed by atoms with Crippen molar-refractivity contribution >= 4 is 10.8 Å². The SMILES string of the molecule is COc1cccc2cc[n+](-c3ccccc3C(F)(F)F)cc12.[Br-]. The van der Waals surface area contributed by atoms with E-state index in [4.69, 9.17) is 4.74 Å². The first kappa shape index (κ1) is 17.3. The Morgan fingerprint density at radius 2 is 1.70 bits per heavy atom. The molecule has 0 aliphatic heterocycles. The smallest absolute Gasteiger partial charge is 0.422 e. The third-order valence-corrected chi connectivity index (χ3v) is 3.49. The lowest BCUT2D eigenvalue weighted by Crippen LogP contribution is -3.00.